The van der Waals surface area contributed by atoms with E-state index in [1.807, 2.05) is 24.1 Å². The summed E-state index contributed by atoms with van der Waals surface area (Å²) in [5.74, 6) is -0.210. The van der Waals surface area contributed by atoms with Crippen molar-refractivity contribution in [2.45, 2.75) is 70.0 Å². The summed E-state index contributed by atoms with van der Waals surface area (Å²) in [7, 11) is 1.78. The molecule has 10 rings (SSSR count). The van der Waals surface area contributed by atoms with Gasteiger partial charge in [-0.05, 0) is 61.9 Å². The summed E-state index contributed by atoms with van der Waals surface area (Å²) in [6, 6.07) is 6.38. The lowest BCUT2D eigenvalue weighted by Gasteiger charge is -2.31. The van der Waals surface area contributed by atoms with Gasteiger partial charge in [-0.25, -0.2) is 37.8 Å². The SMILES string of the molecule is C[C@@H]1Cc2ncc(F)cc2[C@H]2CCCN2c2ccn3ncc(c3n2)C(=O)NN1CCc1cc2nc3c(cnn13)C(=O)NN(C)CCc1ncc(F)cc1[C@H]1CCCN21. The van der Waals surface area contributed by atoms with Crippen LogP contribution in [0.5, 0.6) is 0 Å². The molecule has 6 aromatic rings. The average Bonchev–Trinajstić information content (AvgIpc) is 4.04. The van der Waals surface area contributed by atoms with Gasteiger partial charge in [0.15, 0.2) is 11.3 Å². The Morgan fingerprint density at radius 3 is 2.21 bits per heavy atom. The largest absolute Gasteiger partial charge is 0.349 e. The lowest BCUT2D eigenvalue weighted by molar-refractivity contribution is 0.0704. The first-order chi connectivity index (χ1) is 28.2. The number of anilines is 2. The summed E-state index contributed by atoms with van der Waals surface area (Å²) in [6.07, 6.45) is 12.0. The minimum atomic E-state index is -0.405. The molecule has 2 amide bonds. The Bertz CT molecular complexity index is 2590. The molecule has 4 aliphatic rings. The van der Waals surface area contributed by atoms with Crippen molar-refractivity contribution in [3.63, 3.8) is 0 Å². The van der Waals surface area contributed by atoms with Crippen LogP contribution in [0.25, 0.3) is 11.3 Å². The second kappa shape index (κ2) is 14.4. The number of nitrogens with one attached hydrogen (secondary N) is 2. The van der Waals surface area contributed by atoms with Gasteiger partial charge in [-0.2, -0.15) is 10.2 Å². The van der Waals surface area contributed by atoms with Crippen LogP contribution < -0.4 is 20.7 Å². The molecule has 16 nitrogen and oxygen atoms in total. The van der Waals surface area contributed by atoms with Gasteiger partial charge in [0, 0.05) is 87.9 Å². The molecule has 0 spiro atoms. The fourth-order valence-corrected chi connectivity index (χ4v) is 9.09. The molecule has 58 heavy (non-hydrogen) atoms. The number of fused-ring (bicyclic) bond motifs is 10. The zero-order chi connectivity index (χ0) is 39.7. The Balaban J connectivity index is 1.05. The summed E-state index contributed by atoms with van der Waals surface area (Å²) in [6.45, 7) is 4.20. The Kier molecular flexibility index (Phi) is 8.96. The van der Waals surface area contributed by atoms with Crippen molar-refractivity contribution in [3.05, 3.63) is 106 Å². The first-order valence-corrected chi connectivity index (χ1v) is 19.8. The number of pyridine rings is 2. The van der Waals surface area contributed by atoms with Gasteiger partial charge in [0.05, 0.1) is 36.9 Å². The number of aromatic nitrogens is 8. The molecule has 18 heteroatoms. The van der Waals surface area contributed by atoms with Gasteiger partial charge >= 0.3 is 0 Å². The third-order valence-electron chi connectivity index (χ3n) is 12.0. The molecule has 0 saturated carbocycles. The first-order valence-electron chi connectivity index (χ1n) is 19.8. The first kappa shape index (κ1) is 36.2. The molecule has 3 atom stereocenters. The molecule has 6 aromatic heterocycles. The van der Waals surface area contributed by atoms with E-state index in [4.69, 9.17) is 9.97 Å². The molecular weight excluding hydrogens is 747 g/mol. The van der Waals surface area contributed by atoms with E-state index in [1.165, 1.54) is 24.8 Å². The lowest BCUT2D eigenvalue weighted by Crippen LogP contribution is -2.49. The molecule has 2 N–H and O–H groups in total. The molecule has 0 aromatic carbocycles. The zero-order valence-electron chi connectivity index (χ0n) is 32.1. The number of hydrogen-bond donors (Lipinski definition) is 2. The predicted molar refractivity (Wildman–Crippen MR) is 208 cm³/mol. The van der Waals surface area contributed by atoms with Gasteiger partial charge in [0.25, 0.3) is 11.8 Å². The van der Waals surface area contributed by atoms with Gasteiger partial charge in [-0.15, -0.1) is 0 Å². The molecule has 2 fully saturated rings. The van der Waals surface area contributed by atoms with Gasteiger partial charge in [0.1, 0.15) is 34.4 Å². The standard InChI is InChI=1S/C40H42F2N14O2/c1-23-15-32-28(17-25(42)20-44-32)34-6-3-10-52(34)35-9-14-55-37(47-35)29(21-45-55)40(58)50-54(23)13-7-26-18-36-48-38-30(22-46-56(26)38)39(57)49-51(2)12-8-31-27(16-24(41)19-43-31)33-5-4-11-53(33)36/h9,14,16-23,33-34H,3-8,10-13,15H2,1-2H3,(H,49,57)(H,50,58)/t23-,33-,34-/m1/s1. The van der Waals surface area contributed by atoms with Gasteiger partial charge in [0.2, 0.25) is 0 Å². The molecule has 10 heterocycles. The van der Waals surface area contributed by atoms with Crippen LogP contribution in [-0.2, 0) is 19.3 Å². The van der Waals surface area contributed by atoms with E-state index in [9.17, 15) is 18.4 Å². The molecule has 4 bridgehead atoms. The quantitative estimate of drug-likeness (QED) is 0.268. The van der Waals surface area contributed by atoms with Crippen molar-refractivity contribution >= 4 is 34.7 Å². The normalized spacial score (nSPS) is 21.6. The number of nitrogens with zero attached hydrogens (tertiary/aromatic N) is 12. The van der Waals surface area contributed by atoms with Crippen molar-refractivity contribution in [1.29, 1.82) is 0 Å². The minimum absolute atomic E-state index is 0.141. The minimum Gasteiger partial charge on any atom is -0.349 e. The average molecular weight is 789 g/mol. The number of halogens is 2. The number of hydrazine groups is 2. The molecule has 298 valence electrons. The summed E-state index contributed by atoms with van der Waals surface area (Å²) in [5, 5.41) is 12.7. The Morgan fingerprint density at radius 2 is 1.43 bits per heavy atom. The predicted octanol–water partition coefficient (Wildman–Crippen LogP) is 3.79. The topological polar surface area (TPSA) is 157 Å². The zero-order valence-corrected chi connectivity index (χ0v) is 32.1. The number of hydrogen-bond acceptors (Lipinski definition) is 12. The van der Waals surface area contributed by atoms with Gasteiger partial charge < -0.3 is 9.80 Å². The van der Waals surface area contributed by atoms with Crippen LogP contribution in [0.3, 0.4) is 0 Å². The van der Waals surface area contributed by atoms with E-state index in [0.29, 0.717) is 73.0 Å². The van der Waals surface area contributed by atoms with E-state index in [0.717, 1.165) is 60.4 Å². The maximum absolute atomic E-state index is 14.9. The van der Waals surface area contributed by atoms with E-state index in [2.05, 4.69) is 40.8 Å². The van der Waals surface area contributed by atoms with Crippen LogP contribution in [-0.4, -0.2) is 100 Å². The Morgan fingerprint density at radius 1 is 0.776 bits per heavy atom. The smallest absolute Gasteiger partial charge is 0.271 e. The summed E-state index contributed by atoms with van der Waals surface area (Å²) >= 11 is 0. The van der Waals surface area contributed by atoms with Crippen molar-refractivity contribution in [2.24, 2.45) is 0 Å². The third kappa shape index (κ3) is 6.35. The number of rotatable bonds is 3. The van der Waals surface area contributed by atoms with Gasteiger partial charge in [-0.1, -0.05) is 0 Å². The molecule has 0 aliphatic carbocycles. The van der Waals surface area contributed by atoms with E-state index in [-0.39, 0.29) is 29.9 Å². The Hall–Kier alpha value is -6.14. The highest BCUT2D eigenvalue weighted by Gasteiger charge is 2.34. The van der Waals surface area contributed by atoms with Crippen LogP contribution in [0.2, 0.25) is 0 Å². The lowest BCUT2D eigenvalue weighted by atomic mass is 9.98. The van der Waals surface area contributed by atoms with Crippen LogP contribution >= 0.6 is 0 Å². The van der Waals surface area contributed by atoms with E-state index in [1.54, 1.807) is 39.4 Å². The highest BCUT2D eigenvalue weighted by Crippen LogP contribution is 2.39. The van der Waals surface area contributed by atoms with E-state index >= 15 is 0 Å². The van der Waals surface area contributed by atoms with Crippen LogP contribution in [0.4, 0.5) is 20.4 Å². The summed E-state index contributed by atoms with van der Waals surface area (Å²) in [4.78, 5) is 51.3. The van der Waals surface area contributed by atoms with Crippen LogP contribution in [0.15, 0.2) is 55.2 Å². The molecule has 2 saturated heterocycles. The van der Waals surface area contributed by atoms with Crippen molar-refractivity contribution < 1.29 is 18.4 Å². The second-order valence-electron chi connectivity index (χ2n) is 15.6. The number of carbonyl (C=O) groups excluding carboxylic acids is 2. The Labute approximate surface area is 331 Å². The number of carbonyl (C=O) groups is 2. The van der Waals surface area contributed by atoms with Crippen LogP contribution in [0, 0.1) is 11.6 Å². The molecule has 0 unspecified atom stereocenters. The van der Waals surface area contributed by atoms with E-state index < -0.39 is 11.6 Å². The van der Waals surface area contributed by atoms with Crippen molar-refractivity contribution in [2.75, 3.05) is 43.0 Å². The third-order valence-corrected chi connectivity index (χ3v) is 12.0. The van der Waals surface area contributed by atoms with Crippen molar-refractivity contribution in [3.8, 4) is 0 Å². The highest BCUT2D eigenvalue weighted by atomic mass is 19.1. The number of amides is 2. The molecule has 0 radical (unpaired) electrons. The second-order valence-corrected chi connectivity index (χ2v) is 15.6. The van der Waals surface area contributed by atoms with Crippen molar-refractivity contribution in [1.82, 2.24) is 60.0 Å². The summed E-state index contributed by atoms with van der Waals surface area (Å²) < 4.78 is 33.0. The fourth-order valence-electron chi connectivity index (χ4n) is 9.09. The maximum Gasteiger partial charge on any atom is 0.271 e. The number of likely N-dealkylation sites (N-methyl/N-ethyl adjacent to an activating group) is 1. The van der Waals surface area contributed by atoms with Gasteiger partial charge in [-0.3, -0.25) is 30.4 Å². The highest BCUT2D eigenvalue weighted by molar-refractivity contribution is 6.00. The molecular formula is C40H42F2N14O2. The monoisotopic (exact) mass is 788 g/mol. The fraction of sp³-hybridized carbons (Fsp3) is 0.400. The molecule has 4 aliphatic heterocycles. The van der Waals surface area contributed by atoms with Crippen LogP contribution in [0.1, 0.15) is 93.6 Å². The summed E-state index contributed by atoms with van der Waals surface area (Å²) in [5.41, 5.74) is 11.4. The maximum atomic E-state index is 14.9.